The second kappa shape index (κ2) is 6.43. The maximum Gasteiger partial charge on any atom is 0.268 e. The number of benzene rings is 2. The topological polar surface area (TPSA) is 89.9 Å². The molecule has 124 valence electrons. The van der Waals surface area contributed by atoms with Gasteiger partial charge in [0.1, 0.15) is 0 Å². The van der Waals surface area contributed by atoms with Crippen molar-refractivity contribution in [2.75, 3.05) is 23.4 Å². The molecule has 0 spiro atoms. The van der Waals surface area contributed by atoms with Gasteiger partial charge < -0.3 is 15.5 Å². The molecule has 1 atom stereocenters. The summed E-state index contributed by atoms with van der Waals surface area (Å²) >= 11 is 0. The molecule has 0 fully saturated rings. The van der Waals surface area contributed by atoms with E-state index in [1.54, 1.807) is 30.3 Å². The minimum atomic E-state index is -0.944. The van der Waals surface area contributed by atoms with Gasteiger partial charge in [0.2, 0.25) is 0 Å². The second-order valence-corrected chi connectivity index (χ2v) is 5.68. The Morgan fingerprint density at radius 3 is 2.54 bits per heavy atom. The van der Waals surface area contributed by atoms with Gasteiger partial charge in [0.05, 0.1) is 29.5 Å². The average molecular weight is 326 g/mol. The average Bonchev–Trinajstić information content (AvgIpc) is 2.85. The van der Waals surface area contributed by atoms with Crippen molar-refractivity contribution in [2.24, 2.45) is 0 Å². The van der Waals surface area contributed by atoms with Crippen LogP contribution in [0.3, 0.4) is 0 Å². The van der Waals surface area contributed by atoms with Crippen LogP contribution in [-0.2, 0) is 0 Å². The molecule has 0 bridgehead atoms. The third-order valence-electron chi connectivity index (χ3n) is 4.01. The summed E-state index contributed by atoms with van der Waals surface area (Å²) in [5.41, 5.74) is 2.47. The molecule has 6 heteroatoms. The number of aliphatic hydroxyl groups excluding tert-OH is 2. The van der Waals surface area contributed by atoms with E-state index < -0.39 is 12.0 Å². The van der Waals surface area contributed by atoms with Gasteiger partial charge in [-0.05, 0) is 30.7 Å². The zero-order chi connectivity index (χ0) is 17.3. The highest BCUT2D eigenvalue weighted by molar-refractivity contribution is 6.36. The van der Waals surface area contributed by atoms with Crippen molar-refractivity contribution in [3.8, 4) is 0 Å². The standard InChI is InChI=1S/C18H18N2O4/c1-11-5-2-3-8-15(11)20-17(23)13-6-4-7-14(16(13)18(20)24)19-9-12(22)10-21/h2-8,12,19,21-22H,9-10H2,1H3. The molecule has 0 radical (unpaired) electrons. The van der Waals surface area contributed by atoms with Crippen molar-refractivity contribution in [3.63, 3.8) is 0 Å². The third-order valence-corrected chi connectivity index (χ3v) is 4.01. The van der Waals surface area contributed by atoms with E-state index >= 15 is 0 Å². The van der Waals surface area contributed by atoms with Crippen molar-refractivity contribution in [1.82, 2.24) is 0 Å². The molecule has 1 heterocycles. The van der Waals surface area contributed by atoms with Crippen molar-refractivity contribution in [1.29, 1.82) is 0 Å². The molecule has 6 nitrogen and oxygen atoms in total. The maximum atomic E-state index is 12.8. The van der Waals surface area contributed by atoms with Gasteiger partial charge in [-0.25, -0.2) is 4.90 Å². The molecule has 2 aromatic carbocycles. The predicted molar refractivity (Wildman–Crippen MR) is 90.3 cm³/mol. The van der Waals surface area contributed by atoms with E-state index in [1.165, 1.54) is 4.90 Å². The van der Waals surface area contributed by atoms with Gasteiger partial charge in [-0.15, -0.1) is 0 Å². The summed E-state index contributed by atoms with van der Waals surface area (Å²) in [7, 11) is 0. The van der Waals surface area contributed by atoms with Crippen LogP contribution in [0.2, 0.25) is 0 Å². The maximum absolute atomic E-state index is 12.8. The number of carbonyl (C=O) groups excluding carboxylic acids is 2. The number of nitrogens with zero attached hydrogens (tertiary/aromatic N) is 1. The molecule has 24 heavy (non-hydrogen) atoms. The van der Waals surface area contributed by atoms with E-state index in [4.69, 9.17) is 5.11 Å². The van der Waals surface area contributed by atoms with Crippen molar-refractivity contribution in [3.05, 3.63) is 59.2 Å². The van der Waals surface area contributed by atoms with Crippen LogP contribution >= 0.6 is 0 Å². The number of nitrogens with one attached hydrogen (secondary N) is 1. The van der Waals surface area contributed by atoms with E-state index in [0.29, 0.717) is 16.9 Å². The molecule has 2 amide bonds. The van der Waals surface area contributed by atoms with Crippen molar-refractivity contribution in [2.45, 2.75) is 13.0 Å². The summed E-state index contributed by atoms with van der Waals surface area (Å²) in [6, 6.07) is 12.2. The van der Waals surface area contributed by atoms with Crippen LogP contribution in [0, 0.1) is 6.92 Å². The van der Waals surface area contributed by atoms with E-state index in [1.807, 2.05) is 19.1 Å². The molecule has 2 aromatic rings. The zero-order valence-electron chi connectivity index (χ0n) is 13.2. The SMILES string of the molecule is Cc1ccccc1N1C(=O)c2cccc(NCC(O)CO)c2C1=O. The zero-order valence-corrected chi connectivity index (χ0v) is 13.2. The lowest BCUT2D eigenvalue weighted by Crippen LogP contribution is -2.30. The molecule has 3 rings (SSSR count). The van der Waals surface area contributed by atoms with Crippen molar-refractivity contribution >= 4 is 23.2 Å². The van der Waals surface area contributed by atoms with Gasteiger partial charge in [0.15, 0.2) is 0 Å². The summed E-state index contributed by atoms with van der Waals surface area (Å²) in [6.45, 7) is 1.54. The Morgan fingerprint density at radius 2 is 1.83 bits per heavy atom. The number of rotatable bonds is 5. The van der Waals surface area contributed by atoms with Gasteiger partial charge in [-0.2, -0.15) is 0 Å². The number of para-hydroxylation sites is 1. The third kappa shape index (κ3) is 2.66. The van der Waals surface area contributed by atoms with Crippen LogP contribution in [-0.4, -0.2) is 41.3 Å². The molecular formula is C18H18N2O4. The largest absolute Gasteiger partial charge is 0.394 e. The number of anilines is 2. The highest BCUT2D eigenvalue weighted by atomic mass is 16.3. The molecule has 1 aliphatic heterocycles. The Labute approximate surface area is 139 Å². The lowest BCUT2D eigenvalue weighted by atomic mass is 10.1. The van der Waals surface area contributed by atoms with E-state index in [9.17, 15) is 14.7 Å². The number of hydrogen-bond acceptors (Lipinski definition) is 5. The highest BCUT2D eigenvalue weighted by Gasteiger charge is 2.39. The fourth-order valence-electron chi connectivity index (χ4n) is 2.76. The molecule has 0 aromatic heterocycles. The van der Waals surface area contributed by atoms with E-state index in [-0.39, 0.29) is 24.6 Å². The number of hydrogen-bond donors (Lipinski definition) is 3. The Bertz CT molecular complexity index is 803. The summed E-state index contributed by atoms with van der Waals surface area (Å²) in [5, 5.41) is 21.3. The number of amides is 2. The number of imide groups is 1. The normalized spacial score (nSPS) is 14.7. The van der Waals surface area contributed by atoms with Crippen LogP contribution < -0.4 is 10.2 Å². The molecule has 0 saturated heterocycles. The summed E-state index contributed by atoms with van der Waals surface area (Å²) in [6.07, 6.45) is -0.944. The molecule has 1 unspecified atom stereocenters. The van der Waals surface area contributed by atoms with Gasteiger partial charge in [0.25, 0.3) is 11.8 Å². The fourth-order valence-corrected chi connectivity index (χ4v) is 2.76. The molecular weight excluding hydrogens is 308 g/mol. The van der Waals surface area contributed by atoms with Gasteiger partial charge in [-0.1, -0.05) is 24.3 Å². The van der Waals surface area contributed by atoms with Crippen LogP contribution in [0.15, 0.2) is 42.5 Å². The summed E-state index contributed by atoms with van der Waals surface area (Å²) in [4.78, 5) is 26.7. The number of carbonyl (C=O) groups is 2. The van der Waals surface area contributed by atoms with Crippen molar-refractivity contribution < 1.29 is 19.8 Å². The monoisotopic (exact) mass is 326 g/mol. The number of fused-ring (bicyclic) bond motifs is 1. The number of aliphatic hydroxyl groups is 2. The van der Waals surface area contributed by atoms with Crippen LogP contribution in [0.1, 0.15) is 26.3 Å². The first-order valence-electron chi connectivity index (χ1n) is 7.64. The molecule has 1 aliphatic rings. The quantitative estimate of drug-likeness (QED) is 0.726. The molecule has 0 saturated carbocycles. The minimum Gasteiger partial charge on any atom is -0.394 e. The summed E-state index contributed by atoms with van der Waals surface area (Å²) in [5.74, 6) is -0.762. The summed E-state index contributed by atoms with van der Waals surface area (Å²) < 4.78 is 0. The minimum absolute atomic E-state index is 0.0821. The lowest BCUT2D eigenvalue weighted by Gasteiger charge is -2.16. The lowest BCUT2D eigenvalue weighted by molar-refractivity contribution is 0.0925. The van der Waals surface area contributed by atoms with Gasteiger partial charge >= 0.3 is 0 Å². The predicted octanol–water partition coefficient (Wildman–Crippen LogP) is 1.56. The number of aryl methyl sites for hydroxylation is 1. The first-order valence-corrected chi connectivity index (χ1v) is 7.64. The van der Waals surface area contributed by atoms with Crippen LogP contribution in [0.5, 0.6) is 0 Å². The Balaban J connectivity index is 1.99. The van der Waals surface area contributed by atoms with E-state index in [0.717, 1.165) is 5.56 Å². The van der Waals surface area contributed by atoms with Gasteiger partial charge in [-0.3, -0.25) is 9.59 Å². The molecule has 3 N–H and O–H groups in total. The Kier molecular flexibility index (Phi) is 4.33. The van der Waals surface area contributed by atoms with Crippen LogP contribution in [0.25, 0.3) is 0 Å². The van der Waals surface area contributed by atoms with E-state index in [2.05, 4.69) is 5.32 Å². The molecule has 0 aliphatic carbocycles. The Morgan fingerprint density at radius 1 is 1.08 bits per heavy atom. The first-order chi connectivity index (χ1) is 11.5. The first kappa shape index (κ1) is 16.2. The van der Waals surface area contributed by atoms with Gasteiger partial charge in [0, 0.05) is 12.2 Å². The van der Waals surface area contributed by atoms with Crippen LogP contribution in [0.4, 0.5) is 11.4 Å². The highest BCUT2D eigenvalue weighted by Crippen LogP contribution is 2.34. The smallest absolute Gasteiger partial charge is 0.268 e. The second-order valence-electron chi connectivity index (χ2n) is 5.68. The Hall–Kier alpha value is -2.70. The fraction of sp³-hybridized carbons (Fsp3) is 0.222.